The molecule has 10 heteroatoms. The molecule has 0 aromatic heterocycles. The summed E-state index contributed by atoms with van der Waals surface area (Å²) in [6.07, 6.45) is 2.39. The van der Waals surface area contributed by atoms with Gasteiger partial charge in [0.1, 0.15) is 0 Å². The zero-order valence-corrected chi connectivity index (χ0v) is 24.8. The minimum absolute atomic E-state index is 0.0186. The Morgan fingerprint density at radius 3 is 1.67 bits per heavy atom. The Hall–Kier alpha value is -1.04. The van der Waals surface area contributed by atoms with Crippen molar-refractivity contribution in [3.8, 4) is 0 Å². The summed E-state index contributed by atoms with van der Waals surface area (Å²) in [4.78, 5) is 0.649. The predicted molar refractivity (Wildman–Crippen MR) is 149 cm³/mol. The summed E-state index contributed by atoms with van der Waals surface area (Å²) in [7, 11) is -6.67. The van der Waals surface area contributed by atoms with Gasteiger partial charge in [0.05, 0.1) is 38.8 Å². The summed E-state index contributed by atoms with van der Waals surface area (Å²) >= 11 is 3.02. The van der Waals surface area contributed by atoms with Gasteiger partial charge in [0.2, 0.25) is 0 Å². The Labute approximate surface area is 224 Å². The molecule has 4 unspecified atom stereocenters. The second-order valence-corrected chi connectivity index (χ2v) is 16.6. The average molecular weight is 573 g/mol. The number of fused-ring (bicyclic) bond motifs is 2. The largest absolute Gasteiger partial charge is 0.391 e. The van der Waals surface area contributed by atoms with E-state index in [9.17, 15) is 27.0 Å². The standard InChI is InChI=1S/2C13H18O3S2/c1-13(2)8-18(15,16)10-7-5-4-6-9(10)11(17-3)12(13)14;1-13(2)8-18(15,16)10-7-5-4-6-9(10)11(14)12(13)17-3/h2*4-7,11-12,14H,8H2,1-3H3. The summed E-state index contributed by atoms with van der Waals surface area (Å²) in [6, 6.07) is 13.8. The smallest absolute Gasteiger partial charge is 0.179 e. The van der Waals surface area contributed by atoms with Crippen molar-refractivity contribution in [2.24, 2.45) is 10.8 Å². The number of thioether (sulfide) groups is 2. The molecule has 2 aromatic carbocycles. The molecule has 2 aliphatic heterocycles. The lowest BCUT2D eigenvalue weighted by atomic mass is 9.85. The van der Waals surface area contributed by atoms with Gasteiger partial charge in [0, 0.05) is 16.2 Å². The highest BCUT2D eigenvalue weighted by atomic mass is 32.2. The van der Waals surface area contributed by atoms with Crippen molar-refractivity contribution in [2.45, 2.75) is 60.2 Å². The lowest BCUT2D eigenvalue weighted by molar-refractivity contribution is 0.0642. The molecule has 200 valence electrons. The van der Waals surface area contributed by atoms with Gasteiger partial charge >= 0.3 is 0 Å². The first-order chi connectivity index (χ1) is 16.6. The molecule has 2 N–H and O–H groups in total. The summed E-state index contributed by atoms with van der Waals surface area (Å²) in [6.45, 7) is 7.43. The zero-order chi connectivity index (χ0) is 27.1. The Bertz CT molecular complexity index is 1300. The van der Waals surface area contributed by atoms with Crippen LogP contribution in [-0.4, -0.2) is 62.4 Å². The van der Waals surface area contributed by atoms with E-state index >= 15 is 0 Å². The molecule has 0 spiro atoms. The first kappa shape index (κ1) is 29.5. The van der Waals surface area contributed by atoms with Crippen LogP contribution in [0, 0.1) is 10.8 Å². The van der Waals surface area contributed by atoms with E-state index in [0.717, 1.165) is 5.56 Å². The SMILES string of the molecule is CSC1C(O)c2ccccc2S(=O)(=O)CC1(C)C.CSC1c2ccccc2S(=O)(=O)CC(C)(C)C1O. The van der Waals surface area contributed by atoms with Crippen molar-refractivity contribution in [3.05, 3.63) is 59.7 Å². The van der Waals surface area contributed by atoms with Crippen molar-refractivity contribution < 1.29 is 27.0 Å². The second-order valence-electron chi connectivity index (χ2n) is 10.8. The molecule has 4 atom stereocenters. The quantitative estimate of drug-likeness (QED) is 0.540. The summed E-state index contributed by atoms with van der Waals surface area (Å²) in [5, 5.41) is 20.6. The minimum atomic E-state index is -3.34. The van der Waals surface area contributed by atoms with Crippen LogP contribution in [-0.2, 0) is 19.7 Å². The van der Waals surface area contributed by atoms with Crippen LogP contribution in [0.25, 0.3) is 0 Å². The predicted octanol–water partition coefficient (Wildman–Crippen LogP) is 4.53. The third kappa shape index (κ3) is 5.68. The van der Waals surface area contributed by atoms with Crippen LogP contribution in [0.5, 0.6) is 0 Å². The van der Waals surface area contributed by atoms with Crippen LogP contribution in [0.4, 0.5) is 0 Å². The van der Waals surface area contributed by atoms with Crippen LogP contribution in [0.3, 0.4) is 0 Å². The van der Waals surface area contributed by atoms with Gasteiger partial charge in [-0.15, -0.1) is 0 Å². The molecule has 0 aliphatic carbocycles. The van der Waals surface area contributed by atoms with Crippen molar-refractivity contribution in [1.82, 2.24) is 0 Å². The first-order valence-corrected chi connectivity index (χ1v) is 17.5. The summed E-state index contributed by atoms with van der Waals surface area (Å²) in [5.41, 5.74) is 0.146. The number of sulfone groups is 2. The normalized spacial score (nSPS) is 29.3. The van der Waals surface area contributed by atoms with Gasteiger partial charge in [-0.25, -0.2) is 16.8 Å². The Balaban J connectivity index is 0.000000201. The van der Waals surface area contributed by atoms with Gasteiger partial charge in [-0.3, -0.25) is 0 Å². The maximum atomic E-state index is 12.4. The molecule has 0 saturated heterocycles. The van der Waals surface area contributed by atoms with Gasteiger partial charge in [0.25, 0.3) is 0 Å². The van der Waals surface area contributed by atoms with Crippen LogP contribution in [0.2, 0.25) is 0 Å². The number of benzene rings is 2. The third-order valence-corrected chi connectivity index (χ3v) is 13.7. The van der Waals surface area contributed by atoms with E-state index in [4.69, 9.17) is 0 Å². The molecule has 2 aliphatic rings. The van der Waals surface area contributed by atoms with Gasteiger partial charge in [0.15, 0.2) is 19.7 Å². The lowest BCUT2D eigenvalue weighted by Gasteiger charge is -2.33. The van der Waals surface area contributed by atoms with E-state index in [2.05, 4.69) is 0 Å². The third-order valence-electron chi connectivity index (χ3n) is 6.91. The van der Waals surface area contributed by atoms with Gasteiger partial charge in [-0.05, 0) is 35.6 Å². The van der Waals surface area contributed by atoms with Gasteiger partial charge in [-0.2, -0.15) is 23.5 Å². The molecular formula is C26H36O6S4. The van der Waals surface area contributed by atoms with Crippen LogP contribution < -0.4 is 0 Å². The molecule has 0 bridgehead atoms. The maximum absolute atomic E-state index is 12.4. The molecule has 2 heterocycles. The Morgan fingerprint density at radius 2 is 1.17 bits per heavy atom. The highest BCUT2D eigenvalue weighted by Crippen LogP contribution is 2.46. The highest BCUT2D eigenvalue weighted by Gasteiger charge is 2.45. The molecule has 0 amide bonds. The number of aliphatic hydroxyl groups is 2. The number of hydrogen-bond donors (Lipinski definition) is 2. The number of hydrogen-bond acceptors (Lipinski definition) is 8. The van der Waals surface area contributed by atoms with Crippen LogP contribution >= 0.6 is 23.5 Å². The van der Waals surface area contributed by atoms with Gasteiger partial charge in [-0.1, -0.05) is 64.1 Å². The first-order valence-electron chi connectivity index (χ1n) is 11.6. The van der Waals surface area contributed by atoms with E-state index in [0.29, 0.717) is 10.5 Å². The topological polar surface area (TPSA) is 109 Å². The minimum Gasteiger partial charge on any atom is -0.391 e. The molecular weight excluding hydrogens is 537 g/mol. The van der Waals surface area contributed by atoms with Crippen LogP contribution in [0.1, 0.15) is 50.2 Å². The molecule has 6 nitrogen and oxygen atoms in total. The fourth-order valence-electron chi connectivity index (χ4n) is 5.18. The van der Waals surface area contributed by atoms with Crippen molar-refractivity contribution in [1.29, 1.82) is 0 Å². The van der Waals surface area contributed by atoms with Crippen molar-refractivity contribution in [3.63, 3.8) is 0 Å². The van der Waals surface area contributed by atoms with E-state index < -0.39 is 42.7 Å². The molecule has 2 aromatic rings. The zero-order valence-electron chi connectivity index (χ0n) is 21.5. The summed E-state index contributed by atoms with van der Waals surface area (Å²) in [5.74, 6) is 0.0504. The Morgan fingerprint density at radius 1 is 0.722 bits per heavy atom. The van der Waals surface area contributed by atoms with E-state index in [1.165, 1.54) is 23.5 Å². The molecule has 4 rings (SSSR count). The van der Waals surface area contributed by atoms with E-state index in [1.807, 2.05) is 46.3 Å². The van der Waals surface area contributed by atoms with Crippen LogP contribution in [0.15, 0.2) is 58.3 Å². The highest BCUT2D eigenvalue weighted by molar-refractivity contribution is 7.99. The molecule has 0 fully saturated rings. The number of rotatable bonds is 2. The fourth-order valence-corrected chi connectivity index (χ4v) is 11.9. The van der Waals surface area contributed by atoms with Crippen molar-refractivity contribution in [2.75, 3.05) is 24.0 Å². The summed E-state index contributed by atoms with van der Waals surface area (Å²) < 4.78 is 49.6. The van der Waals surface area contributed by atoms with E-state index in [1.54, 1.807) is 42.5 Å². The number of aliphatic hydroxyl groups excluding tert-OH is 2. The average Bonchev–Trinajstić information content (AvgIpc) is 2.88. The maximum Gasteiger partial charge on any atom is 0.179 e. The van der Waals surface area contributed by atoms with Gasteiger partial charge < -0.3 is 10.2 Å². The molecule has 36 heavy (non-hydrogen) atoms. The lowest BCUT2D eigenvalue weighted by Crippen LogP contribution is -2.36. The molecule has 0 radical (unpaired) electrons. The fraction of sp³-hybridized carbons (Fsp3) is 0.538. The molecule has 0 saturated carbocycles. The second kappa shape index (κ2) is 10.6. The Kier molecular flexibility index (Phi) is 8.70. The van der Waals surface area contributed by atoms with Crippen molar-refractivity contribution >= 4 is 43.2 Å². The monoisotopic (exact) mass is 572 g/mol. The van der Waals surface area contributed by atoms with E-state index in [-0.39, 0.29) is 26.9 Å².